The van der Waals surface area contributed by atoms with Crippen molar-refractivity contribution in [1.29, 1.82) is 0 Å². The Hall–Kier alpha value is -1.82. The number of aliphatic hydroxyl groups is 1. The van der Waals surface area contributed by atoms with E-state index in [1.165, 1.54) is 0 Å². The van der Waals surface area contributed by atoms with Crippen LogP contribution in [0.2, 0.25) is 0 Å². The maximum atomic E-state index is 11.6. The number of carboxylic acid groups (broad SMARTS) is 1. The van der Waals surface area contributed by atoms with Crippen LogP contribution in [-0.4, -0.2) is 50.9 Å². The molecule has 0 spiro atoms. The molecular formula is C17H27N3O3. The van der Waals surface area contributed by atoms with Gasteiger partial charge in [0.2, 0.25) is 0 Å². The zero-order valence-electron chi connectivity index (χ0n) is 14.6. The highest BCUT2D eigenvalue weighted by Crippen LogP contribution is 2.29. The average Bonchev–Trinajstić information content (AvgIpc) is 2.85. The predicted octanol–water partition coefficient (Wildman–Crippen LogP) is 2.67. The third-order valence-electron chi connectivity index (χ3n) is 4.25. The van der Waals surface area contributed by atoms with Gasteiger partial charge in [0.15, 0.2) is 0 Å². The lowest BCUT2D eigenvalue weighted by atomic mass is 10.0. The molecule has 1 aromatic rings. The van der Waals surface area contributed by atoms with Gasteiger partial charge in [0, 0.05) is 30.4 Å². The van der Waals surface area contributed by atoms with Crippen molar-refractivity contribution in [2.24, 2.45) is 0 Å². The first-order valence-electron chi connectivity index (χ1n) is 7.95. The Labute approximate surface area is 137 Å². The lowest BCUT2D eigenvalue weighted by Crippen LogP contribution is -2.52. The summed E-state index contributed by atoms with van der Waals surface area (Å²) in [5.41, 5.74) is 0.302. The van der Waals surface area contributed by atoms with Gasteiger partial charge in [-0.2, -0.15) is 0 Å². The minimum absolute atomic E-state index is 0.0432. The van der Waals surface area contributed by atoms with Gasteiger partial charge in [0.25, 0.3) is 0 Å². The number of rotatable bonds is 3. The minimum Gasteiger partial charge on any atom is -0.465 e. The monoisotopic (exact) mass is 321 g/mol. The summed E-state index contributed by atoms with van der Waals surface area (Å²) in [6.45, 7) is 10.6. The van der Waals surface area contributed by atoms with E-state index < -0.39 is 17.2 Å². The van der Waals surface area contributed by atoms with Crippen LogP contribution in [0.1, 0.15) is 46.6 Å². The van der Waals surface area contributed by atoms with Crippen LogP contribution in [-0.2, 0) is 5.60 Å². The van der Waals surface area contributed by atoms with E-state index in [0.29, 0.717) is 6.54 Å². The van der Waals surface area contributed by atoms with E-state index in [4.69, 9.17) is 0 Å². The zero-order chi connectivity index (χ0) is 17.4. The molecule has 23 heavy (non-hydrogen) atoms. The van der Waals surface area contributed by atoms with Gasteiger partial charge >= 0.3 is 6.09 Å². The molecule has 1 aliphatic heterocycles. The number of pyridine rings is 1. The topological polar surface area (TPSA) is 76.9 Å². The van der Waals surface area contributed by atoms with Gasteiger partial charge < -0.3 is 15.1 Å². The van der Waals surface area contributed by atoms with Crippen LogP contribution in [0.5, 0.6) is 0 Å². The quantitative estimate of drug-likeness (QED) is 0.895. The van der Waals surface area contributed by atoms with Gasteiger partial charge in [-0.1, -0.05) is 0 Å². The zero-order valence-corrected chi connectivity index (χ0v) is 14.6. The highest BCUT2D eigenvalue weighted by Gasteiger charge is 2.37. The summed E-state index contributed by atoms with van der Waals surface area (Å²) in [5, 5.41) is 19.7. The van der Waals surface area contributed by atoms with Crippen LogP contribution in [0.4, 0.5) is 10.5 Å². The van der Waals surface area contributed by atoms with Crippen molar-refractivity contribution in [3.63, 3.8) is 0 Å². The first kappa shape index (κ1) is 17.5. The van der Waals surface area contributed by atoms with E-state index in [9.17, 15) is 15.0 Å². The van der Waals surface area contributed by atoms with Gasteiger partial charge in [-0.3, -0.25) is 9.88 Å². The number of anilines is 1. The smallest absolute Gasteiger partial charge is 0.408 e. The molecule has 0 aliphatic carbocycles. The van der Waals surface area contributed by atoms with Crippen molar-refractivity contribution < 1.29 is 15.0 Å². The summed E-state index contributed by atoms with van der Waals surface area (Å²) in [6, 6.07) is 1.88. The Morgan fingerprint density at radius 3 is 2.48 bits per heavy atom. The van der Waals surface area contributed by atoms with Crippen LogP contribution >= 0.6 is 0 Å². The van der Waals surface area contributed by atoms with Gasteiger partial charge in [-0.25, -0.2) is 4.79 Å². The molecule has 2 N–H and O–H groups in total. The molecule has 1 saturated heterocycles. The summed E-state index contributed by atoms with van der Waals surface area (Å²) >= 11 is 0. The third kappa shape index (κ3) is 3.93. The molecule has 128 valence electrons. The Kier molecular flexibility index (Phi) is 4.57. The first-order valence-corrected chi connectivity index (χ1v) is 7.95. The van der Waals surface area contributed by atoms with E-state index in [1.54, 1.807) is 31.1 Å². The largest absolute Gasteiger partial charge is 0.465 e. The third-order valence-corrected chi connectivity index (χ3v) is 4.25. The van der Waals surface area contributed by atoms with E-state index in [-0.39, 0.29) is 6.04 Å². The van der Waals surface area contributed by atoms with E-state index >= 15 is 0 Å². The van der Waals surface area contributed by atoms with Crippen molar-refractivity contribution in [2.45, 2.75) is 58.2 Å². The molecular weight excluding hydrogens is 294 g/mol. The van der Waals surface area contributed by atoms with Crippen molar-refractivity contribution in [3.05, 3.63) is 24.0 Å². The van der Waals surface area contributed by atoms with Crippen LogP contribution in [0.15, 0.2) is 18.5 Å². The number of hydrogen-bond donors (Lipinski definition) is 2. The molecule has 1 fully saturated rings. The minimum atomic E-state index is -0.944. The summed E-state index contributed by atoms with van der Waals surface area (Å²) in [7, 11) is 0. The Morgan fingerprint density at radius 1 is 1.30 bits per heavy atom. The molecule has 0 saturated carbocycles. The van der Waals surface area contributed by atoms with E-state index in [1.807, 2.05) is 26.8 Å². The summed E-state index contributed by atoms with van der Waals surface area (Å²) in [5.74, 6) is 0. The fraction of sp³-hybridized carbons (Fsp3) is 0.647. The fourth-order valence-electron chi connectivity index (χ4n) is 3.11. The van der Waals surface area contributed by atoms with Gasteiger partial charge in [-0.05, 0) is 47.1 Å². The van der Waals surface area contributed by atoms with Crippen LogP contribution in [0.25, 0.3) is 0 Å². The molecule has 0 radical (unpaired) electrons. The lowest BCUT2D eigenvalue weighted by molar-refractivity contribution is 0.0762. The SMILES string of the molecule is CC(C)(O)c1cncc(N2CC[C@@H](N(C(=O)O)C(C)(C)C)C2)c1. The number of amides is 1. The molecule has 2 heterocycles. The van der Waals surface area contributed by atoms with Crippen molar-refractivity contribution in [1.82, 2.24) is 9.88 Å². The standard InChI is InChI=1S/C17H27N3O3/c1-16(2,3)20(15(21)22)13-6-7-19(11-13)14-8-12(9-18-10-14)17(4,5)23/h8-10,13,23H,6-7,11H2,1-5H3,(H,21,22)/t13-/m1/s1. The first-order chi connectivity index (χ1) is 10.5. The predicted molar refractivity (Wildman–Crippen MR) is 89.7 cm³/mol. The summed E-state index contributed by atoms with van der Waals surface area (Å²) in [4.78, 5) is 19.5. The number of nitrogens with zero attached hydrogens (tertiary/aromatic N) is 3. The van der Waals surface area contributed by atoms with E-state index in [2.05, 4.69) is 9.88 Å². The highest BCUT2D eigenvalue weighted by molar-refractivity contribution is 5.67. The molecule has 1 atom stereocenters. The van der Waals surface area contributed by atoms with Gasteiger partial charge in [-0.15, -0.1) is 0 Å². The van der Waals surface area contributed by atoms with E-state index in [0.717, 1.165) is 24.2 Å². The maximum Gasteiger partial charge on any atom is 0.408 e. The molecule has 1 aliphatic rings. The molecule has 6 nitrogen and oxygen atoms in total. The number of carbonyl (C=O) groups is 1. The summed E-state index contributed by atoms with van der Waals surface area (Å²) < 4.78 is 0. The number of hydrogen-bond acceptors (Lipinski definition) is 4. The molecule has 6 heteroatoms. The lowest BCUT2D eigenvalue weighted by Gasteiger charge is -2.38. The molecule has 0 bridgehead atoms. The van der Waals surface area contributed by atoms with Crippen molar-refractivity contribution in [3.8, 4) is 0 Å². The van der Waals surface area contributed by atoms with Gasteiger partial charge in [0.05, 0.1) is 23.5 Å². The molecule has 0 aromatic carbocycles. The second kappa shape index (κ2) is 6.00. The van der Waals surface area contributed by atoms with Crippen LogP contribution in [0.3, 0.4) is 0 Å². The van der Waals surface area contributed by atoms with Crippen molar-refractivity contribution >= 4 is 11.8 Å². The second-order valence-electron chi connectivity index (χ2n) is 7.70. The molecule has 1 amide bonds. The maximum absolute atomic E-state index is 11.6. The normalized spacial score (nSPS) is 19.0. The molecule has 1 aromatic heterocycles. The number of aromatic nitrogens is 1. The highest BCUT2D eigenvalue weighted by atomic mass is 16.4. The fourth-order valence-corrected chi connectivity index (χ4v) is 3.11. The van der Waals surface area contributed by atoms with Crippen LogP contribution in [0, 0.1) is 0 Å². The average molecular weight is 321 g/mol. The molecule has 2 rings (SSSR count). The van der Waals surface area contributed by atoms with Crippen LogP contribution < -0.4 is 4.90 Å². The second-order valence-corrected chi connectivity index (χ2v) is 7.70. The van der Waals surface area contributed by atoms with Gasteiger partial charge in [0.1, 0.15) is 0 Å². The summed E-state index contributed by atoms with van der Waals surface area (Å²) in [6.07, 6.45) is 3.33. The van der Waals surface area contributed by atoms with Crippen molar-refractivity contribution in [2.75, 3.05) is 18.0 Å². The Bertz CT molecular complexity index is 575. The Morgan fingerprint density at radius 2 is 1.96 bits per heavy atom. The Balaban J connectivity index is 2.18. The molecule has 0 unspecified atom stereocenters.